The highest BCUT2D eigenvalue weighted by atomic mass is 32.1. The summed E-state index contributed by atoms with van der Waals surface area (Å²) in [7, 11) is 0. The van der Waals surface area contributed by atoms with E-state index in [1.54, 1.807) is 18.3 Å². The summed E-state index contributed by atoms with van der Waals surface area (Å²) < 4.78 is 0. The van der Waals surface area contributed by atoms with Crippen LogP contribution in [0.15, 0.2) is 48.5 Å². The Morgan fingerprint density at radius 1 is 1.44 bits per heavy atom. The number of thiophene rings is 1. The maximum Gasteiger partial charge on any atom is 0.265 e. The van der Waals surface area contributed by atoms with E-state index >= 15 is 0 Å². The minimum atomic E-state index is -0.112. The molecular weight excluding hydrogens is 246 g/mol. The Labute approximate surface area is 109 Å². The standard InChI is InChI=1S/C13H13N3OS/c1-2-7-14-12-6-5-10(9-15-12)16-13(17)11-4-3-8-18-11/h2-6,8-9H,1,7H2,(H,14,15)(H,16,17). The van der Waals surface area contributed by atoms with Crippen molar-refractivity contribution in [2.75, 3.05) is 17.2 Å². The Kier molecular flexibility index (Phi) is 4.09. The maximum atomic E-state index is 11.8. The molecule has 2 N–H and O–H groups in total. The first-order valence-electron chi connectivity index (χ1n) is 5.45. The van der Waals surface area contributed by atoms with Gasteiger partial charge in [0.15, 0.2) is 0 Å². The quantitative estimate of drug-likeness (QED) is 0.812. The highest BCUT2D eigenvalue weighted by molar-refractivity contribution is 7.12. The van der Waals surface area contributed by atoms with Gasteiger partial charge in [-0.05, 0) is 23.6 Å². The van der Waals surface area contributed by atoms with Crippen molar-refractivity contribution in [3.63, 3.8) is 0 Å². The fourth-order valence-electron chi connectivity index (χ4n) is 1.35. The van der Waals surface area contributed by atoms with Gasteiger partial charge in [-0.2, -0.15) is 0 Å². The van der Waals surface area contributed by atoms with Crippen LogP contribution in [-0.4, -0.2) is 17.4 Å². The lowest BCUT2D eigenvalue weighted by molar-refractivity contribution is 0.103. The van der Waals surface area contributed by atoms with Crippen molar-refractivity contribution < 1.29 is 4.79 Å². The Morgan fingerprint density at radius 2 is 2.33 bits per heavy atom. The van der Waals surface area contributed by atoms with E-state index in [-0.39, 0.29) is 5.91 Å². The van der Waals surface area contributed by atoms with E-state index in [0.717, 1.165) is 5.82 Å². The summed E-state index contributed by atoms with van der Waals surface area (Å²) in [5.41, 5.74) is 0.678. The van der Waals surface area contributed by atoms with Crippen molar-refractivity contribution in [3.05, 3.63) is 53.4 Å². The van der Waals surface area contributed by atoms with E-state index in [1.165, 1.54) is 11.3 Å². The topological polar surface area (TPSA) is 54.0 Å². The third-order valence-corrected chi connectivity index (χ3v) is 3.06. The van der Waals surface area contributed by atoms with Gasteiger partial charge in [0.1, 0.15) is 5.82 Å². The van der Waals surface area contributed by atoms with Gasteiger partial charge in [0.2, 0.25) is 0 Å². The molecule has 0 aromatic carbocycles. The zero-order chi connectivity index (χ0) is 12.8. The van der Waals surface area contributed by atoms with Crippen molar-refractivity contribution >= 4 is 28.7 Å². The number of hydrogen-bond donors (Lipinski definition) is 2. The fourth-order valence-corrected chi connectivity index (χ4v) is 1.97. The van der Waals surface area contributed by atoms with Gasteiger partial charge in [-0.1, -0.05) is 12.1 Å². The van der Waals surface area contributed by atoms with Gasteiger partial charge in [0.05, 0.1) is 16.8 Å². The molecule has 0 spiro atoms. The summed E-state index contributed by atoms with van der Waals surface area (Å²) in [6.07, 6.45) is 3.38. The number of rotatable bonds is 5. The Hall–Kier alpha value is -2.14. The third kappa shape index (κ3) is 3.18. The molecule has 5 heteroatoms. The average molecular weight is 259 g/mol. The predicted octanol–water partition coefficient (Wildman–Crippen LogP) is 2.99. The van der Waals surface area contributed by atoms with Gasteiger partial charge in [0, 0.05) is 6.54 Å². The van der Waals surface area contributed by atoms with Crippen LogP contribution in [0.3, 0.4) is 0 Å². The van der Waals surface area contributed by atoms with Crippen LogP contribution in [0.4, 0.5) is 11.5 Å². The number of nitrogens with one attached hydrogen (secondary N) is 2. The van der Waals surface area contributed by atoms with Gasteiger partial charge >= 0.3 is 0 Å². The van der Waals surface area contributed by atoms with Gasteiger partial charge in [0.25, 0.3) is 5.91 Å². The SMILES string of the molecule is C=CCNc1ccc(NC(=O)c2cccs2)cn1. The third-order valence-electron chi connectivity index (χ3n) is 2.19. The molecule has 0 radical (unpaired) electrons. The van der Waals surface area contributed by atoms with Crippen LogP contribution < -0.4 is 10.6 Å². The molecule has 0 aliphatic heterocycles. The number of amides is 1. The van der Waals surface area contributed by atoms with Crippen molar-refractivity contribution in [2.24, 2.45) is 0 Å². The molecule has 0 bridgehead atoms. The lowest BCUT2D eigenvalue weighted by atomic mass is 10.3. The monoisotopic (exact) mass is 259 g/mol. The minimum absolute atomic E-state index is 0.112. The molecule has 2 rings (SSSR count). The zero-order valence-corrected chi connectivity index (χ0v) is 10.5. The summed E-state index contributed by atoms with van der Waals surface area (Å²) >= 11 is 1.41. The molecule has 2 aromatic heterocycles. The molecular formula is C13H13N3OS. The molecule has 0 unspecified atom stereocenters. The van der Waals surface area contributed by atoms with E-state index in [2.05, 4.69) is 22.2 Å². The summed E-state index contributed by atoms with van der Waals surface area (Å²) in [5.74, 6) is 0.641. The molecule has 0 aliphatic carbocycles. The number of carbonyl (C=O) groups excluding carboxylic acids is 1. The molecule has 4 nitrogen and oxygen atoms in total. The van der Waals surface area contributed by atoms with Gasteiger partial charge in [-0.3, -0.25) is 4.79 Å². The van der Waals surface area contributed by atoms with Crippen molar-refractivity contribution in [3.8, 4) is 0 Å². The first kappa shape index (κ1) is 12.3. The molecule has 0 saturated carbocycles. The van der Waals surface area contributed by atoms with Gasteiger partial charge < -0.3 is 10.6 Å². The van der Waals surface area contributed by atoms with Crippen LogP contribution in [0.25, 0.3) is 0 Å². The molecule has 0 saturated heterocycles. The van der Waals surface area contributed by atoms with Crippen LogP contribution in [0.1, 0.15) is 9.67 Å². The summed E-state index contributed by atoms with van der Waals surface area (Å²) in [5, 5.41) is 7.72. The van der Waals surface area contributed by atoms with Gasteiger partial charge in [-0.15, -0.1) is 17.9 Å². The Balaban J connectivity index is 1.98. The predicted molar refractivity (Wildman–Crippen MR) is 75.2 cm³/mol. The van der Waals surface area contributed by atoms with Crippen LogP contribution >= 0.6 is 11.3 Å². The summed E-state index contributed by atoms with van der Waals surface area (Å²) in [6.45, 7) is 4.28. The molecule has 0 atom stereocenters. The summed E-state index contributed by atoms with van der Waals surface area (Å²) in [4.78, 5) is 16.6. The van der Waals surface area contributed by atoms with Crippen molar-refractivity contribution in [1.82, 2.24) is 4.98 Å². The average Bonchev–Trinajstić information content (AvgIpc) is 2.92. The van der Waals surface area contributed by atoms with Crippen LogP contribution in [0.2, 0.25) is 0 Å². The fraction of sp³-hybridized carbons (Fsp3) is 0.0769. The molecule has 2 heterocycles. The molecule has 0 aliphatic rings. The van der Waals surface area contributed by atoms with Crippen LogP contribution in [0, 0.1) is 0 Å². The Bertz CT molecular complexity index is 520. The largest absolute Gasteiger partial charge is 0.367 e. The van der Waals surface area contributed by atoms with Crippen molar-refractivity contribution in [1.29, 1.82) is 0 Å². The van der Waals surface area contributed by atoms with E-state index in [1.807, 2.05) is 23.6 Å². The molecule has 1 amide bonds. The molecule has 18 heavy (non-hydrogen) atoms. The van der Waals surface area contributed by atoms with Gasteiger partial charge in [-0.25, -0.2) is 4.98 Å². The molecule has 92 valence electrons. The second-order valence-electron chi connectivity index (χ2n) is 3.53. The second kappa shape index (κ2) is 5.97. The minimum Gasteiger partial charge on any atom is -0.367 e. The number of hydrogen-bond acceptors (Lipinski definition) is 4. The lowest BCUT2D eigenvalue weighted by Gasteiger charge is -2.05. The van der Waals surface area contributed by atoms with Crippen LogP contribution in [-0.2, 0) is 0 Å². The number of nitrogens with zero attached hydrogens (tertiary/aromatic N) is 1. The second-order valence-corrected chi connectivity index (χ2v) is 4.48. The highest BCUT2D eigenvalue weighted by Crippen LogP contribution is 2.13. The van der Waals surface area contributed by atoms with E-state index in [9.17, 15) is 4.79 Å². The highest BCUT2D eigenvalue weighted by Gasteiger charge is 2.06. The number of carbonyl (C=O) groups is 1. The molecule has 2 aromatic rings. The first-order chi connectivity index (χ1) is 8.79. The van der Waals surface area contributed by atoms with E-state index in [4.69, 9.17) is 0 Å². The summed E-state index contributed by atoms with van der Waals surface area (Å²) in [6, 6.07) is 7.25. The Morgan fingerprint density at radius 3 is 2.94 bits per heavy atom. The number of pyridine rings is 1. The first-order valence-corrected chi connectivity index (χ1v) is 6.33. The lowest BCUT2D eigenvalue weighted by Crippen LogP contribution is -2.10. The van der Waals surface area contributed by atoms with E-state index in [0.29, 0.717) is 17.1 Å². The van der Waals surface area contributed by atoms with Crippen LogP contribution in [0.5, 0.6) is 0 Å². The number of aromatic nitrogens is 1. The smallest absolute Gasteiger partial charge is 0.265 e. The van der Waals surface area contributed by atoms with Crippen molar-refractivity contribution in [2.45, 2.75) is 0 Å². The number of anilines is 2. The maximum absolute atomic E-state index is 11.8. The normalized spacial score (nSPS) is 9.78. The molecule has 0 fully saturated rings. The zero-order valence-electron chi connectivity index (χ0n) is 9.72. The van der Waals surface area contributed by atoms with E-state index < -0.39 is 0 Å².